The highest BCUT2D eigenvalue weighted by molar-refractivity contribution is 7.89. The van der Waals surface area contributed by atoms with Gasteiger partial charge in [0.1, 0.15) is 4.90 Å². The van der Waals surface area contributed by atoms with E-state index in [0.29, 0.717) is 25.3 Å². The predicted octanol–water partition coefficient (Wildman–Crippen LogP) is 0.629. The Morgan fingerprint density at radius 1 is 1.35 bits per heavy atom. The second kappa shape index (κ2) is 6.23. The molecule has 1 aliphatic rings. The Kier molecular flexibility index (Phi) is 4.61. The van der Waals surface area contributed by atoms with Gasteiger partial charge in [-0.3, -0.25) is 4.79 Å². The number of benzene rings is 1. The average molecular weight is 297 g/mol. The predicted molar refractivity (Wildman–Crippen MR) is 77.0 cm³/mol. The molecule has 20 heavy (non-hydrogen) atoms. The van der Waals surface area contributed by atoms with E-state index in [0.717, 1.165) is 6.42 Å². The summed E-state index contributed by atoms with van der Waals surface area (Å²) in [6.07, 6.45) is 0.903. The van der Waals surface area contributed by atoms with Crippen LogP contribution in [0.2, 0.25) is 0 Å². The highest BCUT2D eigenvalue weighted by atomic mass is 32.2. The lowest BCUT2D eigenvalue weighted by Crippen LogP contribution is -2.49. The fraction of sp³-hybridized carbons (Fsp3) is 0.462. The molecular weight excluding hydrogens is 278 g/mol. The lowest BCUT2D eigenvalue weighted by molar-refractivity contribution is -0.122. The van der Waals surface area contributed by atoms with Crippen LogP contribution in [0, 0.1) is 0 Å². The van der Waals surface area contributed by atoms with Gasteiger partial charge in [0.2, 0.25) is 15.9 Å². The van der Waals surface area contributed by atoms with E-state index >= 15 is 0 Å². The number of anilines is 1. The molecule has 1 heterocycles. The smallest absolute Gasteiger partial charge is 0.245 e. The topological polar surface area (TPSA) is 78.5 Å². The van der Waals surface area contributed by atoms with Gasteiger partial charge in [0.25, 0.3) is 0 Å². The fourth-order valence-electron chi connectivity index (χ4n) is 2.06. The highest BCUT2D eigenvalue weighted by Crippen LogP contribution is 2.24. The SMILES string of the molecule is CCCNc1ccccc1S(=O)(=O)N1CCNC(=O)C1. The molecule has 0 radical (unpaired) electrons. The van der Waals surface area contributed by atoms with Gasteiger partial charge < -0.3 is 10.6 Å². The minimum Gasteiger partial charge on any atom is -0.384 e. The van der Waals surface area contributed by atoms with Crippen LogP contribution in [0.15, 0.2) is 29.2 Å². The second-order valence-electron chi connectivity index (χ2n) is 4.61. The van der Waals surface area contributed by atoms with Crippen LogP contribution in [0.1, 0.15) is 13.3 Å². The third kappa shape index (κ3) is 3.10. The molecule has 0 atom stereocenters. The molecule has 0 bridgehead atoms. The molecule has 1 saturated heterocycles. The van der Waals surface area contributed by atoms with E-state index in [2.05, 4.69) is 10.6 Å². The molecule has 1 aromatic rings. The molecule has 0 spiro atoms. The number of sulfonamides is 1. The number of carbonyl (C=O) groups excluding carboxylic acids is 1. The maximum Gasteiger partial charge on any atom is 0.245 e. The summed E-state index contributed by atoms with van der Waals surface area (Å²) in [6.45, 7) is 3.25. The summed E-state index contributed by atoms with van der Waals surface area (Å²) in [7, 11) is -3.65. The number of amides is 1. The Morgan fingerprint density at radius 3 is 2.80 bits per heavy atom. The van der Waals surface area contributed by atoms with Crippen molar-refractivity contribution < 1.29 is 13.2 Å². The van der Waals surface area contributed by atoms with Crippen LogP contribution in [0.25, 0.3) is 0 Å². The lowest BCUT2D eigenvalue weighted by Gasteiger charge is -2.26. The number of carbonyl (C=O) groups is 1. The molecule has 1 amide bonds. The van der Waals surface area contributed by atoms with Gasteiger partial charge in [-0.1, -0.05) is 19.1 Å². The largest absolute Gasteiger partial charge is 0.384 e. The Hall–Kier alpha value is -1.60. The zero-order valence-electron chi connectivity index (χ0n) is 11.4. The molecule has 110 valence electrons. The third-order valence-corrected chi connectivity index (χ3v) is 4.98. The van der Waals surface area contributed by atoms with Crippen molar-refractivity contribution in [3.63, 3.8) is 0 Å². The number of hydrogen-bond donors (Lipinski definition) is 2. The fourth-order valence-corrected chi connectivity index (χ4v) is 3.62. The van der Waals surface area contributed by atoms with Crippen LogP contribution >= 0.6 is 0 Å². The van der Waals surface area contributed by atoms with Crippen LogP contribution in [0.4, 0.5) is 5.69 Å². The number of hydrogen-bond acceptors (Lipinski definition) is 4. The number of piperazine rings is 1. The minimum absolute atomic E-state index is 0.121. The lowest BCUT2D eigenvalue weighted by atomic mass is 10.3. The maximum atomic E-state index is 12.6. The van der Waals surface area contributed by atoms with E-state index in [4.69, 9.17) is 0 Å². The summed E-state index contributed by atoms with van der Waals surface area (Å²) in [5, 5.41) is 5.74. The van der Waals surface area contributed by atoms with E-state index in [1.807, 2.05) is 6.92 Å². The minimum atomic E-state index is -3.65. The van der Waals surface area contributed by atoms with Crippen molar-refractivity contribution >= 4 is 21.6 Å². The first-order valence-electron chi connectivity index (χ1n) is 6.65. The third-order valence-electron chi connectivity index (χ3n) is 3.07. The molecule has 0 aliphatic carbocycles. The summed E-state index contributed by atoms with van der Waals surface area (Å²) >= 11 is 0. The second-order valence-corrected chi connectivity index (χ2v) is 6.52. The summed E-state index contributed by atoms with van der Waals surface area (Å²) in [4.78, 5) is 11.6. The first-order valence-corrected chi connectivity index (χ1v) is 8.09. The first kappa shape index (κ1) is 14.8. The molecule has 2 N–H and O–H groups in total. The molecule has 0 aromatic heterocycles. The van der Waals surface area contributed by atoms with E-state index < -0.39 is 10.0 Å². The number of rotatable bonds is 5. The molecule has 7 heteroatoms. The summed E-state index contributed by atoms with van der Waals surface area (Å²) in [5.41, 5.74) is 0.584. The van der Waals surface area contributed by atoms with Crippen LogP contribution < -0.4 is 10.6 Å². The van der Waals surface area contributed by atoms with Gasteiger partial charge in [-0.15, -0.1) is 0 Å². The monoisotopic (exact) mass is 297 g/mol. The van der Waals surface area contributed by atoms with Crippen LogP contribution in [-0.2, 0) is 14.8 Å². The van der Waals surface area contributed by atoms with Crippen molar-refractivity contribution in [1.82, 2.24) is 9.62 Å². The summed E-state index contributed by atoms with van der Waals surface area (Å²) < 4.78 is 26.5. The molecule has 1 aromatic carbocycles. The van der Waals surface area contributed by atoms with Crippen molar-refractivity contribution in [1.29, 1.82) is 0 Å². The van der Waals surface area contributed by atoms with Crippen molar-refractivity contribution in [2.45, 2.75) is 18.2 Å². The molecular formula is C13H19N3O3S. The van der Waals surface area contributed by atoms with Gasteiger partial charge in [0.15, 0.2) is 0 Å². The Morgan fingerprint density at radius 2 is 2.10 bits per heavy atom. The molecule has 1 aliphatic heterocycles. The van der Waals surface area contributed by atoms with Gasteiger partial charge in [0.05, 0.1) is 12.2 Å². The molecule has 0 unspecified atom stereocenters. The van der Waals surface area contributed by atoms with Crippen molar-refractivity contribution in [2.75, 3.05) is 31.5 Å². The standard InChI is InChI=1S/C13H19N3O3S/c1-2-7-14-11-5-3-4-6-12(11)20(18,19)16-9-8-15-13(17)10-16/h3-6,14H,2,7-10H2,1H3,(H,15,17). The number of nitrogens with zero attached hydrogens (tertiary/aromatic N) is 1. The van der Waals surface area contributed by atoms with Crippen LogP contribution in [0.5, 0.6) is 0 Å². The Balaban J connectivity index is 2.31. The van der Waals surface area contributed by atoms with Crippen molar-refractivity contribution in [3.05, 3.63) is 24.3 Å². The molecule has 1 fully saturated rings. The normalized spacial score (nSPS) is 16.8. The molecule has 6 nitrogen and oxygen atoms in total. The molecule has 0 saturated carbocycles. The van der Waals surface area contributed by atoms with E-state index in [9.17, 15) is 13.2 Å². The van der Waals surface area contributed by atoms with Crippen molar-refractivity contribution in [2.24, 2.45) is 0 Å². The average Bonchev–Trinajstić information content (AvgIpc) is 2.45. The number of nitrogens with one attached hydrogen (secondary N) is 2. The van der Waals surface area contributed by atoms with Crippen LogP contribution in [0.3, 0.4) is 0 Å². The highest BCUT2D eigenvalue weighted by Gasteiger charge is 2.30. The maximum absolute atomic E-state index is 12.6. The van der Waals surface area contributed by atoms with Crippen molar-refractivity contribution in [3.8, 4) is 0 Å². The summed E-state index contributed by atoms with van der Waals surface area (Å²) in [5.74, 6) is -0.265. The van der Waals surface area contributed by atoms with Gasteiger partial charge in [0, 0.05) is 19.6 Å². The number of para-hydroxylation sites is 1. The zero-order chi connectivity index (χ0) is 14.6. The van der Waals surface area contributed by atoms with Gasteiger partial charge in [-0.25, -0.2) is 8.42 Å². The van der Waals surface area contributed by atoms with E-state index in [1.54, 1.807) is 24.3 Å². The van der Waals surface area contributed by atoms with Gasteiger partial charge >= 0.3 is 0 Å². The van der Waals surface area contributed by atoms with Gasteiger partial charge in [-0.2, -0.15) is 4.31 Å². The zero-order valence-corrected chi connectivity index (χ0v) is 12.2. The quantitative estimate of drug-likeness (QED) is 0.835. The van der Waals surface area contributed by atoms with Crippen LogP contribution in [-0.4, -0.2) is 44.8 Å². The van der Waals surface area contributed by atoms with Gasteiger partial charge in [-0.05, 0) is 18.6 Å². The molecule has 2 rings (SSSR count). The van der Waals surface area contributed by atoms with E-state index in [1.165, 1.54) is 4.31 Å². The van der Waals surface area contributed by atoms with E-state index in [-0.39, 0.29) is 17.3 Å². The Labute approximate surface area is 119 Å². The Bertz CT molecular complexity index is 586. The first-order chi connectivity index (χ1) is 9.55. The summed E-state index contributed by atoms with van der Waals surface area (Å²) in [6, 6.07) is 6.79.